The van der Waals surface area contributed by atoms with Gasteiger partial charge >= 0.3 is 0 Å². The average Bonchev–Trinajstić information content (AvgIpc) is 3.27. The quantitative estimate of drug-likeness (QED) is 0.686. The standard InChI is InChI=1S/C24H23ClN2O2/c25-18-12-10-17(11-13-18)21-22(26-15-14-16-6-4-5-9-20(16)26)24(29)27(23(21)28)19-7-2-1-3-8-19/h4-6,9-13,19H,1-3,7-8,14-15H2. The highest BCUT2D eigenvalue weighted by atomic mass is 35.5. The van der Waals surface area contributed by atoms with Gasteiger partial charge in [0.25, 0.3) is 11.8 Å². The number of nitrogens with zero attached hydrogens (tertiary/aromatic N) is 2. The molecule has 0 unspecified atom stereocenters. The lowest BCUT2D eigenvalue weighted by Crippen LogP contribution is -2.43. The fourth-order valence-corrected chi connectivity index (χ4v) is 5.03. The first-order chi connectivity index (χ1) is 14.1. The molecule has 0 spiro atoms. The zero-order valence-corrected chi connectivity index (χ0v) is 17.0. The Morgan fingerprint density at radius 2 is 1.59 bits per heavy atom. The fraction of sp³-hybridized carbons (Fsp3) is 0.333. The molecule has 29 heavy (non-hydrogen) atoms. The van der Waals surface area contributed by atoms with Crippen molar-refractivity contribution in [3.05, 3.63) is 70.4 Å². The molecule has 3 aliphatic rings. The van der Waals surface area contributed by atoms with E-state index in [-0.39, 0.29) is 17.9 Å². The summed E-state index contributed by atoms with van der Waals surface area (Å²) in [5.74, 6) is -0.313. The normalized spacial score (nSPS) is 20.0. The van der Waals surface area contributed by atoms with E-state index in [1.165, 1.54) is 12.0 Å². The third-order valence-corrected chi connectivity index (χ3v) is 6.57. The zero-order chi connectivity index (χ0) is 20.0. The van der Waals surface area contributed by atoms with Crippen LogP contribution in [0.25, 0.3) is 5.57 Å². The molecule has 0 N–H and O–H groups in total. The van der Waals surface area contributed by atoms with Crippen molar-refractivity contribution in [3.8, 4) is 0 Å². The van der Waals surface area contributed by atoms with E-state index in [0.717, 1.165) is 43.4 Å². The summed E-state index contributed by atoms with van der Waals surface area (Å²) in [4.78, 5) is 30.8. The number of imide groups is 1. The van der Waals surface area contributed by atoms with Gasteiger partial charge in [-0.2, -0.15) is 0 Å². The fourth-order valence-electron chi connectivity index (χ4n) is 4.90. The van der Waals surface area contributed by atoms with Gasteiger partial charge in [0.1, 0.15) is 5.70 Å². The Kier molecular flexibility index (Phi) is 4.67. The van der Waals surface area contributed by atoms with E-state index in [4.69, 9.17) is 11.6 Å². The number of carbonyl (C=O) groups is 2. The Morgan fingerprint density at radius 3 is 2.34 bits per heavy atom. The predicted molar refractivity (Wildman–Crippen MR) is 115 cm³/mol. The predicted octanol–water partition coefficient (Wildman–Crippen LogP) is 4.82. The van der Waals surface area contributed by atoms with Crippen molar-refractivity contribution in [1.82, 2.24) is 4.90 Å². The van der Waals surface area contributed by atoms with Crippen LogP contribution < -0.4 is 4.90 Å². The minimum atomic E-state index is -0.163. The van der Waals surface area contributed by atoms with Crippen LogP contribution in [-0.2, 0) is 16.0 Å². The number of anilines is 1. The Bertz CT molecular complexity index is 1010. The monoisotopic (exact) mass is 406 g/mol. The van der Waals surface area contributed by atoms with Gasteiger partial charge < -0.3 is 4.90 Å². The lowest BCUT2D eigenvalue weighted by molar-refractivity contribution is -0.140. The van der Waals surface area contributed by atoms with Gasteiger partial charge in [-0.25, -0.2) is 0 Å². The molecule has 5 rings (SSSR count). The minimum absolute atomic E-state index is 0.00129. The van der Waals surface area contributed by atoms with E-state index in [1.54, 1.807) is 17.0 Å². The number of amides is 2. The average molecular weight is 407 g/mol. The Morgan fingerprint density at radius 1 is 0.862 bits per heavy atom. The number of hydrogen-bond donors (Lipinski definition) is 0. The third-order valence-electron chi connectivity index (χ3n) is 6.32. The summed E-state index contributed by atoms with van der Waals surface area (Å²) >= 11 is 6.08. The minimum Gasteiger partial charge on any atom is -0.336 e. The van der Waals surface area contributed by atoms with Gasteiger partial charge in [0.15, 0.2) is 0 Å². The number of benzene rings is 2. The maximum absolute atomic E-state index is 13.6. The maximum atomic E-state index is 13.6. The van der Waals surface area contributed by atoms with Crippen molar-refractivity contribution < 1.29 is 9.59 Å². The van der Waals surface area contributed by atoms with Crippen LogP contribution in [0, 0.1) is 0 Å². The van der Waals surface area contributed by atoms with E-state index in [1.807, 2.05) is 35.2 Å². The van der Waals surface area contributed by atoms with E-state index < -0.39 is 0 Å². The summed E-state index contributed by atoms with van der Waals surface area (Å²) in [6.45, 7) is 0.712. The molecule has 1 saturated carbocycles. The van der Waals surface area contributed by atoms with Crippen molar-refractivity contribution in [2.45, 2.75) is 44.6 Å². The molecule has 0 aromatic heterocycles. The summed E-state index contributed by atoms with van der Waals surface area (Å²) in [6.07, 6.45) is 5.99. The van der Waals surface area contributed by atoms with Gasteiger partial charge in [0.2, 0.25) is 0 Å². The molecule has 0 atom stereocenters. The summed E-state index contributed by atoms with van der Waals surface area (Å²) in [7, 11) is 0. The number of halogens is 1. The number of carbonyl (C=O) groups excluding carboxylic acids is 2. The van der Waals surface area contributed by atoms with Crippen LogP contribution in [0.2, 0.25) is 5.02 Å². The highest BCUT2D eigenvalue weighted by Crippen LogP contribution is 2.40. The Hall–Kier alpha value is -2.59. The smallest absolute Gasteiger partial charge is 0.278 e. The van der Waals surface area contributed by atoms with Crippen molar-refractivity contribution in [1.29, 1.82) is 0 Å². The summed E-state index contributed by atoms with van der Waals surface area (Å²) in [5, 5.41) is 0.614. The van der Waals surface area contributed by atoms with Gasteiger partial charge in [0.05, 0.1) is 5.57 Å². The van der Waals surface area contributed by atoms with Crippen molar-refractivity contribution in [3.63, 3.8) is 0 Å². The molecule has 2 aromatic carbocycles. The summed E-state index contributed by atoms with van der Waals surface area (Å²) in [5.41, 5.74) is 4.03. The van der Waals surface area contributed by atoms with Crippen LogP contribution in [0.1, 0.15) is 43.2 Å². The third kappa shape index (κ3) is 3.06. The van der Waals surface area contributed by atoms with Gasteiger partial charge in [0, 0.05) is 23.3 Å². The summed E-state index contributed by atoms with van der Waals surface area (Å²) in [6, 6.07) is 15.4. The highest BCUT2D eigenvalue weighted by Gasteiger charge is 2.46. The molecule has 2 heterocycles. The van der Waals surface area contributed by atoms with Crippen LogP contribution in [0.15, 0.2) is 54.2 Å². The first-order valence-corrected chi connectivity index (χ1v) is 10.8. The van der Waals surface area contributed by atoms with Crippen molar-refractivity contribution in [2.24, 2.45) is 0 Å². The van der Waals surface area contributed by atoms with Gasteiger partial charge in [-0.05, 0) is 48.6 Å². The molecule has 0 bridgehead atoms. The molecule has 2 aromatic rings. The molecule has 4 nitrogen and oxygen atoms in total. The topological polar surface area (TPSA) is 40.6 Å². The number of rotatable bonds is 3. The Labute approximate surface area is 175 Å². The first-order valence-electron chi connectivity index (χ1n) is 10.4. The SMILES string of the molecule is O=C1C(c2ccc(Cl)cc2)=C(N2CCc3ccccc32)C(=O)N1C1CCCCC1. The molecule has 5 heteroatoms. The van der Waals surface area contributed by atoms with Crippen LogP contribution in [0.5, 0.6) is 0 Å². The van der Waals surface area contributed by atoms with Crippen LogP contribution >= 0.6 is 11.6 Å². The summed E-state index contributed by atoms with van der Waals surface area (Å²) < 4.78 is 0. The lowest BCUT2D eigenvalue weighted by atomic mass is 9.94. The second-order valence-corrected chi connectivity index (χ2v) is 8.47. The van der Waals surface area contributed by atoms with Gasteiger partial charge in [-0.15, -0.1) is 0 Å². The number of fused-ring (bicyclic) bond motifs is 1. The van der Waals surface area contributed by atoms with Crippen LogP contribution in [-0.4, -0.2) is 29.3 Å². The molecule has 0 saturated heterocycles. The van der Waals surface area contributed by atoms with Gasteiger partial charge in [-0.1, -0.05) is 61.2 Å². The molecule has 2 aliphatic heterocycles. The first kappa shape index (κ1) is 18.4. The molecule has 2 amide bonds. The maximum Gasteiger partial charge on any atom is 0.278 e. The molecule has 0 radical (unpaired) electrons. The molecular formula is C24H23ClN2O2. The van der Waals surface area contributed by atoms with E-state index in [9.17, 15) is 9.59 Å². The molecular weight excluding hydrogens is 384 g/mol. The van der Waals surface area contributed by atoms with Gasteiger partial charge in [-0.3, -0.25) is 14.5 Å². The number of hydrogen-bond acceptors (Lipinski definition) is 3. The molecule has 148 valence electrons. The lowest BCUT2D eigenvalue weighted by Gasteiger charge is -2.30. The second-order valence-electron chi connectivity index (χ2n) is 8.03. The van der Waals surface area contributed by atoms with Crippen molar-refractivity contribution in [2.75, 3.05) is 11.4 Å². The molecule has 1 aliphatic carbocycles. The highest BCUT2D eigenvalue weighted by molar-refractivity contribution is 6.37. The van der Waals surface area contributed by atoms with Crippen molar-refractivity contribution >= 4 is 34.7 Å². The Balaban J connectivity index is 1.63. The zero-order valence-electron chi connectivity index (χ0n) is 16.2. The van der Waals surface area contributed by atoms with Crippen LogP contribution in [0.3, 0.4) is 0 Å². The number of para-hydroxylation sites is 1. The van der Waals surface area contributed by atoms with E-state index in [2.05, 4.69) is 6.07 Å². The van der Waals surface area contributed by atoms with Crippen LogP contribution in [0.4, 0.5) is 5.69 Å². The molecule has 1 fully saturated rings. The largest absolute Gasteiger partial charge is 0.336 e. The van der Waals surface area contributed by atoms with E-state index in [0.29, 0.717) is 22.8 Å². The van der Waals surface area contributed by atoms with E-state index >= 15 is 0 Å². The second kappa shape index (κ2) is 7.34.